The highest BCUT2D eigenvalue weighted by atomic mass is 35.5. The third-order valence-electron chi connectivity index (χ3n) is 4.66. The number of hydrogen-bond acceptors (Lipinski definition) is 3. The average molecular weight is 465 g/mol. The zero-order chi connectivity index (χ0) is 23.2. The molecule has 0 saturated carbocycles. The van der Waals surface area contributed by atoms with Crippen LogP contribution in [0.5, 0.6) is 5.75 Å². The Bertz CT molecular complexity index is 888. The van der Waals surface area contributed by atoms with Crippen LogP contribution in [0, 0.1) is 6.92 Å². The number of nitrogens with one attached hydrogen (secondary N) is 1. The Morgan fingerprint density at radius 2 is 1.65 bits per heavy atom. The van der Waals surface area contributed by atoms with Crippen LogP contribution >= 0.6 is 23.2 Å². The summed E-state index contributed by atoms with van der Waals surface area (Å²) < 4.78 is 5.69. The molecule has 0 unspecified atom stereocenters. The van der Waals surface area contributed by atoms with E-state index in [4.69, 9.17) is 27.9 Å². The molecule has 5 nitrogen and oxygen atoms in total. The van der Waals surface area contributed by atoms with Gasteiger partial charge in [0.15, 0.2) is 6.61 Å². The smallest absolute Gasteiger partial charge is 0.261 e. The lowest BCUT2D eigenvalue weighted by Crippen LogP contribution is -2.54. The molecule has 31 heavy (non-hydrogen) atoms. The summed E-state index contributed by atoms with van der Waals surface area (Å²) in [6.07, 6.45) is 0.431. The molecule has 7 heteroatoms. The Balaban J connectivity index is 2.29. The number of benzene rings is 2. The van der Waals surface area contributed by atoms with Crippen LogP contribution in [0.15, 0.2) is 42.5 Å². The van der Waals surface area contributed by atoms with Gasteiger partial charge in [-0.15, -0.1) is 0 Å². The van der Waals surface area contributed by atoms with Gasteiger partial charge in [-0.2, -0.15) is 0 Å². The molecule has 0 aliphatic carbocycles. The van der Waals surface area contributed by atoms with Gasteiger partial charge in [0, 0.05) is 27.7 Å². The summed E-state index contributed by atoms with van der Waals surface area (Å²) in [5.41, 5.74) is 1.26. The van der Waals surface area contributed by atoms with Gasteiger partial charge >= 0.3 is 0 Å². The number of nitrogens with zero attached hydrogens (tertiary/aromatic N) is 1. The fourth-order valence-corrected chi connectivity index (χ4v) is 3.61. The molecular weight excluding hydrogens is 435 g/mol. The molecule has 0 fully saturated rings. The third-order valence-corrected chi connectivity index (χ3v) is 5.37. The number of halogens is 2. The van der Waals surface area contributed by atoms with E-state index in [1.165, 1.54) is 4.90 Å². The molecule has 0 bridgehead atoms. The molecule has 0 saturated heterocycles. The summed E-state index contributed by atoms with van der Waals surface area (Å²) in [4.78, 5) is 27.7. The van der Waals surface area contributed by atoms with Crippen molar-refractivity contribution < 1.29 is 14.3 Å². The van der Waals surface area contributed by atoms with Crippen LogP contribution in [0.1, 0.15) is 45.2 Å². The van der Waals surface area contributed by atoms with Gasteiger partial charge in [0.2, 0.25) is 5.91 Å². The number of aryl methyl sites for hydroxylation is 1. The average Bonchev–Trinajstić information content (AvgIpc) is 2.68. The molecule has 0 aliphatic heterocycles. The first kappa shape index (κ1) is 25.0. The number of amides is 2. The number of rotatable bonds is 8. The molecule has 0 aliphatic rings. The second-order valence-corrected chi connectivity index (χ2v) is 9.30. The lowest BCUT2D eigenvalue weighted by Gasteiger charge is -2.33. The Labute approximate surface area is 194 Å². The Hall–Kier alpha value is -2.24. The normalized spacial score (nSPS) is 12.2. The van der Waals surface area contributed by atoms with E-state index >= 15 is 0 Å². The maximum atomic E-state index is 13.2. The van der Waals surface area contributed by atoms with E-state index in [1.54, 1.807) is 18.2 Å². The van der Waals surface area contributed by atoms with Crippen molar-refractivity contribution in [1.29, 1.82) is 0 Å². The zero-order valence-electron chi connectivity index (χ0n) is 18.7. The number of carbonyl (C=O) groups is 2. The minimum Gasteiger partial charge on any atom is -0.484 e. The molecule has 0 radical (unpaired) electrons. The maximum Gasteiger partial charge on any atom is 0.261 e. The highest BCUT2D eigenvalue weighted by Gasteiger charge is 2.31. The minimum absolute atomic E-state index is 0.102. The minimum atomic E-state index is -0.694. The molecule has 2 aromatic rings. The molecule has 1 N–H and O–H groups in total. The van der Waals surface area contributed by atoms with E-state index in [-0.39, 0.29) is 25.0 Å². The topological polar surface area (TPSA) is 58.6 Å². The van der Waals surface area contributed by atoms with Crippen molar-refractivity contribution in [2.75, 3.05) is 6.61 Å². The summed E-state index contributed by atoms with van der Waals surface area (Å²) in [5, 5.41) is 3.84. The van der Waals surface area contributed by atoms with Crippen molar-refractivity contribution in [3.8, 4) is 5.75 Å². The van der Waals surface area contributed by atoms with E-state index in [0.29, 0.717) is 27.8 Å². The van der Waals surface area contributed by atoms with Crippen LogP contribution in [-0.4, -0.2) is 34.9 Å². The molecule has 0 heterocycles. The molecule has 0 spiro atoms. The van der Waals surface area contributed by atoms with E-state index < -0.39 is 11.6 Å². The Morgan fingerprint density at radius 3 is 2.16 bits per heavy atom. The molecule has 2 amide bonds. The Morgan fingerprint density at radius 1 is 1.06 bits per heavy atom. The van der Waals surface area contributed by atoms with Gasteiger partial charge in [-0.25, -0.2) is 0 Å². The van der Waals surface area contributed by atoms with Crippen LogP contribution < -0.4 is 10.1 Å². The third kappa shape index (κ3) is 7.44. The van der Waals surface area contributed by atoms with Crippen LogP contribution in [0.25, 0.3) is 0 Å². The van der Waals surface area contributed by atoms with Crippen molar-refractivity contribution >= 4 is 35.0 Å². The number of hydrogen-bond donors (Lipinski definition) is 1. The van der Waals surface area contributed by atoms with Gasteiger partial charge in [-0.1, -0.05) is 53.9 Å². The SMILES string of the molecule is CC[C@@H](C(=O)NC(C)(C)C)N(Cc1c(Cl)cccc1Cl)C(=O)COc1ccc(C)cc1. The fraction of sp³-hybridized carbons (Fsp3) is 0.417. The quantitative estimate of drug-likeness (QED) is 0.568. The highest BCUT2D eigenvalue weighted by molar-refractivity contribution is 6.36. The first-order chi connectivity index (χ1) is 14.5. The van der Waals surface area contributed by atoms with Crippen molar-refractivity contribution in [3.63, 3.8) is 0 Å². The summed E-state index contributed by atoms with van der Waals surface area (Å²) >= 11 is 12.7. The molecule has 2 rings (SSSR count). The van der Waals surface area contributed by atoms with E-state index in [0.717, 1.165) is 5.56 Å². The molecular formula is C24H30Cl2N2O3. The van der Waals surface area contributed by atoms with E-state index in [1.807, 2.05) is 58.9 Å². The lowest BCUT2D eigenvalue weighted by atomic mass is 10.1. The summed E-state index contributed by atoms with van der Waals surface area (Å²) in [6.45, 7) is 9.43. The first-order valence-electron chi connectivity index (χ1n) is 10.3. The largest absolute Gasteiger partial charge is 0.484 e. The highest BCUT2D eigenvalue weighted by Crippen LogP contribution is 2.27. The fourth-order valence-electron chi connectivity index (χ4n) is 3.09. The number of carbonyl (C=O) groups excluding carboxylic acids is 2. The van der Waals surface area contributed by atoms with Gasteiger partial charge in [0.05, 0.1) is 0 Å². The van der Waals surface area contributed by atoms with Crippen molar-refractivity contribution in [2.24, 2.45) is 0 Å². The molecule has 2 aromatic carbocycles. The summed E-state index contributed by atoms with van der Waals surface area (Å²) in [6, 6.07) is 11.9. The van der Waals surface area contributed by atoms with Crippen molar-refractivity contribution in [2.45, 2.75) is 59.2 Å². The summed E-state index contributed by atoms with van der Waals surface area (Å²) in [5.74, 6) is 0.0243. The first-order valence-corrected chi connectivity index (χ1v) is 11.0. The molecule has 0 aromatic heterocycles. The van der Waals surface area contributed by atoms with Crippen LogP contribution in [0.3, 0.4) is 0 Å². The van der Waals surface area contributed by atoms with Crippen molar-refractivity contribution in [3.05, 3.63) is 63.6 Å². The zero-order valence-corrected chi connectivity index (χ0v) is 20.2. The second kappa shape index (κ2) is 10.9. The van der Waals surface area contributed by atoms with Gasteiger partial charge in [0.1, 0.15) is 11.8 Å². The van der Waals surface area contributed by atoms with Gasteiger partial charge < -0.3 is 15.0 Å². The standard InChI is InChI=1S/C24H30Cl2N2O3/c1-6-21(23(30)27-24(3,4)5)28(14-18-19(25)8-7-9-20(18)26)22(29)15-31-17-12-10-16(2)11-13-17/h7-13,21H,6,14-15H2,1-5H3,(H,27,30)/t21-/m0/s1. The predicted molar refractivity (Wildman–Crippen MR) is 126 cm³/mol. The Kier molecular flexibility index (Phi) is 8.78. The number of ether oxygens (including phenoxy) is 1. The van der Waals surface area contributed by atoms with Gasteiger partial charge in [0.25, 0.3) is 5.91 Å². The van der Waals surface area contributed by atoms with Gasteiger partial charge in [-0.05, 0) is 58.4 Å². The van der Waals surface area contributed by atoms with Gasteiger partial charge in [-0.3, -0.25) is 9.59 Å². The van der Waals surface area contributed by atoms with E-state index in [9.17, 15) is 9.59 Å². The van der Waals surface area contributed by atoms with Crippen LogP contribution in [-0.2, 0) is 16.1 Å². The maximum absolute atomic E-state index is 13.2. The lowest BCUT2D eigenvalue weighted by molar-refractivity contribution is -0.143. The van der Waals surface area contributed by atoms with Crippen molar-refractivity contribution in [1.82, 2.24) is 10.2 Å². The monoisotopic (exact) mass is 464 g/mol. The molecule has 1 atom stereocenters. The second-order valence-electron chi connectivity index (χ2n) is 8.49. The van der Waals surface area contributed by atoms with Crippen LogP contribution in [0.2, 0.25) is 10.0 Å². The van der Waals surface area contributed by atoms with Crippen LogP contribution in [0.4, 0.5) is 0 Å². The summed E-state index contributed by atoms with van der Waals surface area (Å²) in [7, 11) is 0. The predicted octanol–water partition coefficient (Wildman–Crippen LogP) is 5.40. The molecule has 168 valence electrons. The van der Waals surface area contributed by atoms with E-state index in [2.05, 4.69) is 5.32 Å².